The van der Waals surface area contributed by atoms with E-state index in [1.165, 1.54) is 24.1 Å². The molecule has 3 rings (SSSR count). The third-order valence-corrected chi connectivity index (χ3v) is 9.00. The highest BCUT2D eigenvalue weighted by Crippen LogP contribution is 2.32. The van der Waals surface area contributed by atoms with Crippen molar-refractivity contribution in [2.24, 2.45) is 0 Å². The molecule has 0 fully saturated rings. The summed E-state index contributed by atoms with van der Waals surface area (Å²) < 4.78 is 34.7. The van der Waals surface area contributed by atoms with Crippen LogP contribution in [0.4, 0.5) is 5.69 Å². The molecule has 41 heavy (non-hydrogen) atoms. The number of rotatable bonds is 13. The summed E-state index contributed by atoms with van der Waals surface area (Å²) in [6.07, 6.45) is 1.10. The zero-order valence-corrected chi connectivity index (χ0v) is 25.6. The lowest BCUT2D eigenvalue weighted by Crippen LogP contribution is -2.53. The van der Waals surface area contributed by atoms with Crippen LogP contribution >= 0.6 is 0 Å². The monoisotopic (exact) mass is 579 g/mol. The maximum atomic E-state index is 14.2. The van der Waals surface area contributed by atoms with E-state index in [0.717, 1.165) is 27.4 Å². The topological polar surface area (TPSA) is 96.0 Å². The van der Waals surface area contributed by atoms with Gasteiger partial charge >= 0.3 is 0 Å². The lowest BCUT2D eigenvalue weighted by atomic mass is 10.1. The average molecular weight is 580 g/mol. The van der Waals surface area contributed by atoms with Crippen LogP contribution in [0.25, 0.3) is 0 Å². The number of nitrogens with zero attached hydrogens (tertiary/aromatic N) is 2. The molecule has 0 spiro atoms. The average Bonchev–Trinajstić information content (AvgIpc) is 2.96. The SMILES string of the molecule is CC[C@@H](C)NC(=O)[C@@H](CC)N(Cc1ccccc1C)C(=O)CN(c1ccccc1OC)S(=O)(=O)c1ccc(C)cc1. The Kier molecular flexibility index (Phi) is 10.9. The number of anilines is 1. The van der Waals surface area contributed by atoms with Gasteiger partial charge in [0, 0.05) is 12.6 Å². The van der Waals surface area contributed by atoms with Crippen molar-refractivity contribution in [1.29, 1.82) is 0 Å². The molecule has 3 aromatic rings. The van der Waals surface area contributed by atoms with Crippen LogP contribution in [0.1, 0.15) is 50.3 Å². The molecule has 0 unspecified atom stereocenters. The van der Waals surface area contributed by atoms with Gasteiger partial charge in [0.1, 0.15) is 18.3 Å². The molecule has 3 aromatic carbocycles. The summed E-state index contributed by atoms with van der Waals surface area (Å²) in [6, 6.07) is 20.0. The number of para-hydroxylation sites is 2. The first-order chi connectivity index (χ1) is 19.5. The second-order valence-electron chi connectivity index (χ2n) is 10.2. The van der Waals surface area contributed by atoms with Crippen LogP contribution in [0.5, 0.6) is 5.75 Å². The molecule has 2 amide bonds. The number of carbonyl (C=O) groups excluding carboxylic acids is 2. The minimum atomic E-state index is -4.18. The van der Waals surface area contributed by atoms with Crippen LogP contribution in [0.15, 0.2) is 77.7 Å². The molecule has 0 aromatic heterocycles. The molecule has 0 heterocycles. The van der Waals surface area contributed by atoms with Crippen LogP contribution in [-0.2, 0) is 26.2 Å². The summed E-state index contributed by atoms with van der Waals surface area (Å²) in [5.41, 5.74) is 2.99. The number of ether oxygens (including phenoxy) is 1. The fourth-order valence-corrected chi connectivity index (χ4v) is 5.94. The third-order valence-electron chi connectivity index (χ3n) is 7.23. The Morgan fingerprint density at radius 1 is 0.902 bits per heavy atom. The molecule has 0 bridgehead atoms. The van der Waals surface area contributed by atoms with E-state index in [-0.39, 0.29) is 29.1 Å². The fraction of sp³-hybridized carbons (Fsp3) is 0.375. The summed E-state index contributed by atoms with van der Waals surface area (Å²) in [6.45, 7) is 9.19. The quantitative estimate of drug-likeness (QED) is 0.299. The van der Waals surface area contributed by atoms with Crippen LogP contribution in [0.3, 0.4) is 0 Å². The highest BCUT2D eigenvalue weighted by molar-refractivity contribution is 7.92. The Bertz CT molecular complexity index is 1440. The van der Waals surface area contributed by atoms with E-state index in [1.54, 1.807) is 36.4 Å². The normalized spacial score (nSPS) is 12.7. The molecule has 0 aliphatic rings. The first-order valence-corrected chi connectivity index (χ1v) is 15.3. The maximum absolute atomic E-state index is 14.2. The van der Waals surface area contributed by atoms with Gasteiger partial charge in [-0.25, -0.2) is 8.42 Å². The number of aryl methyl sites for hydroxylation is 2. The lowest BCUT2D eigenvalue weighted by Gasteiger charge is -2.34. The van der Waals surface area contributed by atoms with Gasteiger partial charge in [0.15, 0.2) is 0 Å². The van der Waals surface area contributed by atoms with E-state index in [4.69, 9.17) is 4.74 Å². The van der Waals surface area contributed by atoms with Crippen molar-refractivity contribution in [2.45, 2.75) is 71.0 Å². The minimum Gasteiger partial charge on any atom is -0.495 e. The molecule has 9 heteroatoms. The Balaban J connectivity index is 2.11. The summed E-state index contributed by atoms with van der Waals surface area (Å²) >= 11 is 0. The number of carbonyl (C=O) groups is 2. The predicted octanol–water partition coefficient (Wildman–Crippen LogP) is 5.23. The Hall–Kier alpha value is -3.85. The van der Waals surface area contributed by atoms with Crippen molar-refractivity contribution in [3.05, 3.63) is 89.5 Å². The van der Waals surface area contributed by atoms with Crippen molar-refractivity contribution < 1.29 is 22.7 Å². The smallest absolute Gasteiger partial charge is 0.264 e. The molecule has 1 N–H and O–H groups in total. The van der Waals surface area contributed by atoms with Gasteiger partial charge in [-0.3, -0.25) is 13.9 Å². The van der Waals surface area contributed by atoms with Gasteiger partial charge in [0.05, 0.1) is 17.7 Å². The van der Waals surface area contributed by atoms with Crippen molar-refractivity contribution in [2.75, 3.05) is 18.0 Å². The summed E-state index contributed by atoms with van der Waals surface area (Å²) in [5, 5.41) is 3.00. The Labute approximate surface area is 244 Å². The zero-order chi connectivity index (χ0) is 30.2. The van der Waals surface area contributed by atoms with Crippen molar-refractivity contribution >= 4 is 27.5 Å². The van der Waals surface area contributed by atoms with Gasteiger partial charge in [-0.2, -0.15) is 0 Å². The fourth-order valence-electron chi connectivity index (χ4n) is 4.52. The predicted molar refractivity (Wildman–Crippen MR) is 162 cm³/mol. The first kappa shape index (κ1) is 31.7. The molecule has 0 aliphatic heterocycles. The molecular weight excluding hydrogens is 538 g/mol. The van der Waals surface area contributed by atoms with E-state index in [1.807, 2.05) is 58.9 Å². The second-order valence-corrected chi connectivity index (χ2v) is 12.0. The van der Waals surface area contributed by atoms with Gasteiger partial charge in [0.2, 0.25) is 11.8 Å². The number of methoxy groups -OCH3 is 1. The van der Waals surface area contributed by atoms with Crippen LogP contribution < -0.4 is 14.4 Å². The third kappa shape index (κ3) is 7.67. The van der Waals surface area contributed by atoms with E-state index in [0.29, 0.717) is 12.2 Å². The molecule has 0 saturated heterocycles. The summed E-state index contributed by atoms with van der Waals surface area (Å²) in [5.74, 6) is -0.460. The number of nitrogens with one attached hydrogen (secondary N) is 1. The lowest BCUT2D eigenvalue weighted by molar-refractivity contribution is -0.140. The van der Waals surface area contributed by atoms with Crippen LogP contribution in [-0.4, -0.2) is 50.9 Å². The summed E-state index contributed by atoms with van der Waals surface area (Å²) in [4.78, 5) is 29.2. The van der Waals surface area contributed by atoms with Crippen molar-refractivity contribution in [3.63, 3.8) is 0 Å². The van der Waals surface area contributed by atoms with Crippen molar-refractivity contribution in [1.82, 2.24) is 10.2 Å². The first-order valence-electron chi connectivity index (χ1n) is 13.9. The Morgan fingerprint density at radius 3 is 2.15 bits per heavy atom. The molecule has 0 radical (unpaired) electrons. The van der Waals surface area contributed by atoms with E-state index in [9.17, 15) is 18.0 Å². The molecule has 2 atom stereocenters. The van der Waals surface area contributed by atoms with Gasteiger partial charge < -0.3 is 15.0 Å². The van der Waals surface area contributed by atoms with E-state index < -0.39 is 28.5 Å². The van der Waals surface area contributed by atoms with Gasteiger partial charge in [-0.1, -0.05) is 67.9 Å². The number of benzene rings is 3. The number of sulfonamides is 1. The molecular formula is C32H41N3O5S. The number of hydrogen-bond acceptors (Lipinski definition) is 5. The standard InChI is InChI=1S/C32H41N3O5S/c1-7-25(5)33-32(37)28(8-2)34(21-26-14-10-9-13-24(26)4)31(36)22-35(29-15-11-12-16-30(29)40-6)41(38,39)27-19-17-23(3)18-20-27/h9-20,25,28H,7-8,21-22H2,1-6H3,(H,33,37)/t25-,28-/m1/s1. The number of amides is 2. The zero-order valence-electron chi connectivity index (χ0n) is 24.8. The molecule has 0 saturated carbocycles. The largest absolute Gasteiger partial charge is 0.495 e. The van der Waals surface area contributed by atoms with E-state index in [2.05, 4.69) is 5.32 Å². The van der Waals surface area contributed by atoms with Gasteiger partial charge in [-0.05, 0) is 69.0 Å². The van der Waals surface area contributed by atoms with Crippen LogP contribution in [0, 0.1) is 13.8 Å². The van der Waals surface area contributed by atoms with E-state index >= 15 is 0 Å². The van der Waals surface area contributed by atoms with Gasteiger partial charge in [-0.15, -0.1) is 0 Å². The molecule has 8 nitrogen and oxygen atoms in total. The number of hydrogen-bond donors (Lipinski definition) is 1. The van der Waals surface area contributed by atoms with Gasteiger partial charge in [0.25, 0.3) is 10.0 Å². The molecule has 0 aliphatic carbocycles. The Morgan fingerprint density at radius 2 is 1.54 bits per heavy atom. The minimum absolute atomic E-state index is 0.0498. The maximum Gasteiger partial charge on any atom is 0.264 e. The highest BCUT2D eigenvalue weighted by Gasteiger charge is 2.35. The second kappa shape index (κ2) is 14.2. The van der Waals surface area contributed by atoms with Crippen molar-refractivity contribution in [3.8, 4) is 5.75 Å². The molecule has 220 valence electrons. The summed E-state index contributed by atoms with van der Waals surface area (Å²) in [7, 11) is -2.73. The van der Waals surface area contributed by atoms with Crippen LogP contribution in [0.2, 0.25) is 0 Å². The highest BCUT2D eigenvalue weighted by atomic mass is 32.2.